The second-order valence-corrected chi connectivity index (χ2v) is 6.90. The van der Waals surface area contributed by atoms with Gasteiger partial charge in [0, 0.05) is 30.1 Å². The van der Waals surface area contributed by atoms with E-state index in [4.69, 9.17) is 0 Å². The van der Waals surface area contributed by atoms with Gasteiger partial charge >= 0.3 is 0 Å². The number of hydrogen-bond donors (Lipinski definition) is 1. The zero-order valence-electron chi connectivity index (χ0n) is 15.2. The summed E-state index contributed by atoms with van der Waals surface area (Å²) in [6, 6.07) is 10.2. The first-order valence-electron chi connectivity index (χ1n) is 9.06. The topological polar surface area (TPSA) is 64.7 Å². The van der Waals surface area contributed by atoms with Crippen molar-refractivity contribution < 1.29 is 4.79 Å². The quantitative estimate of drug-likeness (QED) is 0.787. The fourth-order valence-corrected chi connectivity index (χ4v) is 3.62. The molecule has 1 amide bonds. The minimum atomic E-state index is -0.170. The summed E-state index contributed by atoms with van der Waals surface area (Å²) in [7, 11) is 1.92. The van der Waals surface area contributed by atoms with Gasteiger partial charge in [-0.15, -0.1) is 0 Å². The molecule has 0 saturated carbocycles. The van der Waals surface area contributed by atoms with Crippen molar-refractivity contribution in [1.29, 1.82) is 0 Å². The van der Waals surface area contributed by atoms with Crippen LogP contribution in [0.15, 0.2) is 36.5 Å². The first kappa shape index (κ1) is 16.6. The van der Waals surface area contributed by atoms with Gasteiger partial charge in [0.1, 0.15) is 0 Å². The number of rotatable bonds is 4. The number of hydrogen-bond acceptors (Lipinski definition) is 3. The highest BCUT2D eigenvalue weighted by Gasteiger charge is 2.24. The van der Waals surface area contributed by atoms with Crippen LogP contribution in [-0.4, -0.2) is 25.5 Å². The first-order chi connectivity index (χ1) is 12.6. The van der Waals surface area contributed by atoms with Crippen LogP contribution in [0.1, 0.15) is 45.7 Å². The highest BCUT2D eigenvalue weighted by atomic mass is 16.2. The molecule has 0 unspecified atom stereocenters. The molecule has 134 valence electrons. The molecular weight excluding hydrogens is 326 g/mol. The molecule has 2 heterocycles. The number of carbonyl (C=O) groups is 1. The number of aromatic nitrogens is 4. The predicted molar refractivity (Wildman–Crippen MR) is 100 cm³/mol. The molecule has 1 N–H and O–H groups in total. The van der Waals surface area contributed by atoms with Crippen molar-refractivity contribution in [1.82, 2.24) is 19.6 Å². The summed E-state index contributed by atoms with van der Waals surface area (Å²) in [6.07, 6.45) is 6.15. The first-order valence-corrected chi connectivity index (χ1v) is 9.06. The Labute approximate surface area is 152 Å². The van der Waals surface area contributed by atoms with Crippen LogP contribution in [0.5, 0.6) is 0 Å². The monoisotopic (exact) mass is 349 g/mol. The normalized spacial score (nSPS) is 13.5. The zero-order valence-corrected chi connectivity index (χ0v) is 15.2. The summed E-state index contributed by atoms with van der Waals surface area (Å²) in [4.78, 5) is 12.8. The van der Waals surface area contributed by atoms with Crippen molar-refractivity contribution >= 4 is 11.7 Å². The number of fused-ring (bicyclic) bond motifs is 1. The molecule has 6 nitrogen and oxygen atoms in total. The summed E-state index contributed by atoms with van der Waals surface area (Å²) < 4.78 is 3.71. The zero-order chi connectivity index (χ0) is 18.1. The van der Waals surface area contributed by atoms with Crippen LogP contribution >= 0.6 is 0 Å². The van der Waals surface area contributed by atoms with E-state index in [1.807, 2.05) is 47.7 Å². The van der Waals surface area contributed by atoms with E-state index in [0.29, 0.717) is 18.1 Å². The molecule has 26 heavy (non-hydrogen) atoms. The van der Waals surface area contributed by atoms with Crippen molar-refractivity contribution in [3.63, 3.8) is 0 Å². The Morgan fingerprint density at radius 2 is 1.92 bits per heavy atom. The highest BCUT2D eigenvalue weighted by Crippen LogP contribution is 2.24. The Hall–Kier alpha value is -2.89. The average molecular weight is 349 g/mol. The third-order valence-corrected chi connectivity index (χ3v) is 4.94. The number of nitrogens with zero attached hydrogens (tertiary/aromatic N) is 4. The van der Waals surface area contributed by atoms with E-state index in [2.05, 4.69) is 27.6 Å². The highest BCUT2D eigenvalue weighted by molar-refractivity contribution is 6.03. The average Bonchev–Trinajstić information content (AvgIpc) is 3.16. The molecule has 3 aromatic rings. The lowest BCUT2D eigenvalue weighted by Crippen LogP contribution is -2.16. The van der Waals surface area contributed by atoms with Crippen LogP contribution in [0.4, 0.5) is 5.82 Å². The summed E-state index contributed by atoms with van der Waals surface area (Å²) in [5.41, 5.74) is 4.94. The molecule has 0 saturated heterocycles. The van der Waals surface area contributed by atoms with Crippen molar-refractivity contribution in [2.24, 2.45) is 7.05 Å². The molecule has 0 fully saturated rings. The van der Waals surface area contributed by atoms with Crippen molar-refractivity contribution in [3.8, 4) is 0 Å². The van der Waals surface area contributed by atoms with Gasteiger partial charge in [0.25, 0.3) is 5.91 Å². The number of amides is 1. The van der Waals surface area contributed by atoms with Gasteiger partial charge in [-0.3, -0.25) is 14.2 Å². The van der Waals surface area contributed by atoms with E-state index in [0.717, 1.165) is 36.8 Å². The maximum Gasteiger partial charge on any atom is 0.277 e. The Bertz CT molecular complexity index is 939. The van der Waals surface area contributed by atoms with Crippen LogP contribution < -0.4 is 5.32 Å². The van der Waals surface area contributed by atoms with Crippen LogP contribution in [0.3, 0.4) is 0 Å². The van der Waals surface area contributed by atoms with Gasteiger partial charge in [0.2, 0.25) is 0 Å². The molecule has 1 aliphatic rings. The maximum atomic E-state index is 12.8. The van der Waals surface area contributed by atoms with Gasteiger partial charge in [0.15, 0.2) is 11.5 Å². The Morgan fingerprint density at radius 3 is 2.73 bits per heavy atom. The van der Waals surface area contributed by atoms with E-state index in [-0.39, 0.29) is 5.91 Å². The molecule has 0 spiro atoms. The van der Waals surface area contributed by atoms with Crippen LogP contribution in [-0.2, 0) is 26.4 Å². The number of nitrogens with one attached hydrogen (secondary N) is 1. The van der Waals surface area contributed by atoms with Crippen molar-refractivity contribution in [2.75, 3.05) is 5.32 Å². The summed E-state index contributed by atoms with van der Waals surface area (Å²) >= 11 is 0. The number of anilines is 1. The van der Waals surface area contributed by atoms with Crippen LogP contribution in [0.25, 0.3) is 0 Å². The molecular formula is C20H23N5O. The Balaban J connectivity index is 1.53. The third-order valence-electron chi connectivity index (χ3n) is 4.94. The molecule has 2 aromatic heterocycles. The van der Waals surface area contributed by atoms with E-state index in [1.54, 1.807) is 0 Å². The Kier molecular flexibility index (Phi) is 4.32. The van der Waals surface area contributed by atoms with Crippen LogP contribution in [0, 0.1) is 6.92 Å². The van der Waals surface area contributed by atoms with Gasteiger partial charge in [0.05, 0.1) is 6.54 Å². The lowest BCUT2D eigenvalue weighted by Gasteiger charge is -2.12. The largest absolute Gasteiger partial charge is 0.303 e. The second-order valence-electron chi connectivity index (χ2n) is 6.90. The number of benzene rings is 1. The van der Waals surface area contributed by atoms with E-state index >= 15 is 0 Å². The molecule has 4 rings (SSSR count). The molecule has 1 aliphatic carbocycles. The summed E-state index contributed by atoms with van der Waals surface area (Å²) in [5, 5.41) is 12.0. The number of aryl methyl sites for hydroxylation is 2. The van der Waals surface area contributed by atoms with E-state index < -0.39 is 0 Å². The third kappa shape index (κ3) is 3.14. The van der Waals surface area contributed by atoms with E-state index in [1.165, 1.54) is 11.3 Å². The lowest BCUT2D eigenvalue weighted by atomic mass is 9.95. The molecule has 6 heteroatoms. The molecule has 0 atom stereocenters. The smallest absolute Gasteiger partial charge is 0.277 e. The predicted octanol–water partition coefficient (Wildman–Crippen LogP) is 3.10. The fraction of sp³-hybridized carbons (Fsp3) is 0.350. The van der Waals surface area contributed by atoms with Gasteiger partial charge in [-0.25, -0.2) is 0 Å². The molecule has 0 aliphatic heterocycles. The molecule has 0 bridgehead atoms. The van der Waals surface area contributed by atoms with Crippen molar-refractivity contribution in [3.05, 3.63) is 64.6 Å². The molecule has 0 radical (unpaired) electrons. The van der Waals surface area contributed by atoms with Gasteiger partial charge in [-0.1, -0.05) is 30.3 Å². The number of carbonyl (C=O) groups excluding carboxylic acids is 1. The minimum absolute atomic E-state index is 0.170. The van der Waals surface area contributed by atoms with E-state index in [9.17, 15) is 4.79 Å². The fourth-order valence-electron chi connectivity index (χ4n) is 3.62. The van der Waals surface area contributed by atoms with Gasteiger partial charge < -0.3 is 5.32 Å². The minimum Gasteiger partial charge on any atom is -0.303 e. The standard InChI is InChI=1S/C20H23N5O/c1-14-12-25(13-15-8-4-3-5-9-15)23-19(14)21-20(26)18-16-10-6-7-11-17(16)24(2)22-18/h3-5,8-9,12H,6-7,10-11,13H2,1-2H3,(H,21,23,26). The van der Waals surface area contributed by atoms with Gasteiger partial charge in [-0.2, -0.15) is 10.2 Å². The van der Waals surface area contributed by atoms with Crippen molar-refractivity contribution in [2.45, 2.75) is 39.2 Å². The second kappa shape index (κ2) is 6.78. The summed E-state index contributed by atoms with van der Waals surface area (Å²) in [5.74, 6) is 0.429. The summed E-state index contributed by atoms with van der Waals surface area (Å²) in [6.45, 7) is 2.63. The Morgan fingerprint density at radius 1 is 1.15 bits per heavy atom. The lowest BCUT2D eigenvalue weighted by molar-refractivity contribution is 0.102. The van der Waals surface area contributed by atoms with Crippen LogP contribution in [0.2, 0.25) is 0 Å². The molecule has 1 aromatic carbocycles. The SMILES string of the molecule is Cc1cn(Cc2ccccc2)nc1NC(=O)c1nn(C)c2c1CCCC2. The van der Waals surface area contributed by atoms with Gasteiger partial charge in [-0.05, 0) is 38.2 Å². The maximum absolute atomic E-state index is 12.8.